The Kier molecular flexibility index (Phi) is 6.79. The average Bonchev–Trinajstić information content (AvgIpc) is 2.30. The maximum atomic E-state index is 10.9. The van der Waals surface area contributed by atoms with Crippen molar-refractivity contribution in [3.63, 3.8) is 0 Å². The van der Waals surface area contributed by atoms with Crippen LogP contribution in [0.1, 0.15) is 5.56 Å². The first kappa shape index (κ1) is 16.4. The number of likely N-dealkylation sites (N-methyl/N-ethyl adjacent to an activating group) is 1. The fraction of sp³-hybridized carbons (Fsp3) is 0.538. The van der Waals surface area contributed by atoms with Crippen molar-refractivity contribution in [1.29, 1.82) is 0 Å². The van der Waals surface area contributed by atoms with Crippen LogP contribution >= 0.6 is 11.6 Å². The largest absolute Gasteiger partial charge is 0.314 e. The molecular formula is C13H21ClN2O2S. The first-order chi connectivity index (χ1) is 8.88. The molecule has 1 aromatic rings. The second kappa shape index (κ2) is 7.85. The predicted octanol–water partition coefficient (Wildman–Crippen LogP) is 1.41. The van der Waals surface area contributed by atoms with Crippen LogP contribution in [-0.2, 0) is 16.4 Å². The molecule has 0 saturated heterocycles. The third-order valence-corrected chi connectivity index (χ3v) is 4.03. The molecule has 0 fully saturated rings. The van der Waals surface area contributed by atoms with E-state index in [1.807, 2.05) is 31.3 Å². The Morgan fingerprint density at radius 3 is 2.58 bits per heavy atom. The lowest BCUT2D eigenvalue weighted by atomic mass is 10.2. The van der Waals surface area contributed by atoms with Crippen LogP contribution in [0.3, 0.4) is 0 Å². The first-order valence-electron chi connectivity index (χ1n) is 6.19. The number of hydrogen-bond donors (Lipinski definition) is 1. The highest BCUT2D eigenvalue weighted by Crippen LogP contribution is 2.15. The van der Waals surface area contributed by atoms with E-state index >= 15 is 0 Å². The summed E-state index contributed by atoms with van der Waals surface area (Å²) in [5.41, 5.74) is 1.10. The van der Waals surface area contributed by atoms with Gasteiger partial charge in [0.1, 0.15) is 9.84 Å². The maximum absolute atomic E-state index is 10.9. The normalized spacial score (nSPS) is 12.0. The molecule has 0 radical (unpaired) electrons. The Morgan fingerprint density at radius 1 is 1.26 bits per heavy atom. The molecule has 0 bridgehead atoms. The SMILES string of the molecule is CN(CCNCCS(C)(=O)=O)Cc1ccccc1Cl. The van der Waals surface area contributed by atoms with Gasteiger partial charge in [0.15, 0.2) is 0 Å². The Morgan fingerprint density at radius 2 is 1.95 bits per heavy atom. The van der Waals surface area contributed by atoms with E-state index in [-0.39, 0.29) is 5.75 Å². The van der Waals surface area contributed by atoms with Crippen LogP contribution in [0.5, 0.6) is 0 Å². The summed E-state index contributed by atoms with van der Waals surface area (Å²) in [5.74, 6) is 0.182. The van der Waals surface area contributed by atoms with Gasteiger partial charge in [0.2, 0.25) is 0 Å². The van der Waals surface area contributed by atoms with Crippen molar-refractivity contribution >= 4 is 21.4 Å². The minimum absolute atomic E-state index is 0.182. The molecule has 0 spiro atoms. The highest BCUT2D eigenvalue weighted by atomic mass is 35.5. The van der Waals surface area contributed by atoms with E-state index in [1.165, 1.54) is 6.26 Å². The highest BCUT2D eigenvalue weighted by Gasteiger charge is 2.04. The molecule has 1 N–H and O–H groups in total. The Labute approximate surface area is 120 Å². The van der Waals surface area contributed by atoms with Crippen molar-refractivity contribution < 1.29 is 8.42 Å². The minimum Gasteiger partial charge on any atom is -0.314 e. The van der Waals surface area contributed by atoms with Gasteiger partial charge in [-0.1, -0.05) is 29.8 Å². The molecule has 1 aromatic carbocycles. The molecule has 1 rings (SSSR count). The van der Waals surface area contributed by atoms with E-state index in [4.69, 9.17) is 11.6 Å². The average molecular weight is 305 g/mol. The van der Waals surface area contributed by atoms with Crippen LogP contribution in [0.2, 0.25) is 5.02 Å². The third-order valence-electron chi connectivity index (χ3n) is 2.72. The zero-order chi connectivity index (χ0) is 14.3. The van der Waals surface area contributed by atoms with Crippen LogP contribution in [0, 0.1) is 0 Å². The third kappa shape index (κ3) is 7.52. The quantitative estimate of drug-likeness (QED) is 0.738. The molecule has 0 aliphatic carbocycles. The van der Waals surface area contributed by atoms with Crippen LogP contribution in [0.25, 0.3) is 0 Å². The minimum atomic E-state index is -2.87. The molecule has 0 atom stereocenters. The van der Waals surface area contributed by atoms with Crippen LogP contribution in [0.4, 0.5) is 0 Å². The van der Waals surface area contributed by atoms with Crippen LogP contribution < -0.4 is 5.32 Å². The van der Waals surface area contributed by atoms with Crippen molar-refractivity contribution in [1.82, 2.24) is 10.2 Å². The van der Waals surface area contributed by atoms with Gasteiger partial charge in [0.05, 0.1) is 5.75 Å². The Balaban J connectivity index is 2.22. The molecule has 0 aliphatic heterocycles. The van der Waals surface area contributed by atoms with Gasteiger partial charge in [0.25, 0.3) is 0 Å². The molecular weight excluding hydrogens is 284 g/mol. The summed E-state index contributed by atoms with van der Waals surface area (Å²) >= 11 is 6.09. The first-order valence-corrected chi connectivity index (χ1v) is 8.63. The number of rotatable bonds is 8. The molecule has 0 saturated carbocycles. The lowest BCUT2D eigenvalue weighted by Gasteiger charge is -2.17. The summed E-state index contributed by atoms with van der Waals surface area (Å²) in [6.07, 6.45) is 1.25. The Bertz CT molecular complexity index is 491. The number of nitrogens with zero attached hydrogens (tertiary/aromatic N) is 1. The summed E-state index contributed by atoms with van der Waals surface area (Å²) in [7, 11) is -0.857. The number of hydrogen-bond acceptors (Lipinski definition) is 4. The van der Waals surface area contributed by atoms with E-state index < -0.39 is 9.84 Å². The van der Waals surface area contributed by atoms with Gasteiger partial charge in [-0.15, -0.1) is 0 Å². The number of nitrogens with one attached hydrogen (secondary N) is 1. The monoisotopic (exact) mass is 304 g/mol. The van der Waals surface area contributed by atoms with Crippen molar-refractivity contribution in [2.24, 2.45) is 0 Å². The zero-order valence-electron chi connectivity index (χ0n) is 11.4. The van der Waals surface area contributed by atoms with Gasteiger partial charge in [-0.2, -0.15) is 0 Å². The fourth-order valence-corrected chi connectivity index (χ4v) is 2.36. The van der Waals surface area contributed by atoms with Gasteiger partial charge < -0.3 is 10.2 Å². The van der Waals surface area contributed by atoms with Crippen molar-refractivity contribution in [3.8, 4) is 0 Å². The molecule has 6 heteroatoms. The fourth-order valence-electron chi connectivity index (χ4n) is 1.65. The summed E-state index contributed by atoms with van der Waals surface area (Å²) < 4.78 is 21.9. The highest BCUT2D eigenvalue weighted by molar-refractivity contribution is 7.90. The lowest BCUT2D eigenvalue weighted by Crippen LogP contribution is -2.31. The number of sulfone groups is 1. The lowest BCUT2D eigenvalue weighted by molar-refractivity contribution is 0.326. The van der Waals surface area contributed by atoms with Crippen molar-refractivity contribution in [3.05, 3.63) is 34.9 Å². The second-order valence-corrected chi connectivity index (χ2v) is 7.38. The second-order valence-electron chi connectivity index (χ2n) is 4.71. The van der Waals surface area contributed by atoms with E-state index in [0.29, 0.717) is 6.54 Å². The van der Waals surface area contributed by atoms with Crippen molar-refractivity contribution in [2.75, 3.05) is 38.7 Å². The van der Waals surface area contributed by atoms with E-state index in [9.17, 15) is 8.42 Å². The molecule has 0 unspecified atom stereocenters. The summed E-state index contributed by atoms with van der Waals surface area (Å²) in [6.45, 7) is 2.89. The van der Waals surface area contributed by atoms with Crippen LogP contribution in [-0.4, -0.2) is 52.0 Å². The van der Waals surface area contributed by atoms with Gasteiger partial charge in [0, 0.05) is 37.5 Å². The molecule has 0 aliphatic rings. The number of benzene rings is 1. The molecule has 0 aromatic heterocycles. The van der Waals surface area contributed by atoms with Gasteiger partial charge in [-0.25, -0.2) is 8.42 Å². The van der Waals surface area contributed by atoms with Gasteiger partial charge in [-0.3, -0.25) is 0 Å². The Hall–Kier alpha value is -0.620. The maximum Gasteiger partial charge on any atom is 0.148 e. The van der Waals surface area contributed by atoms with Gasteiger partial charge >= 0.3 is 0 Å². The smallest absolute Gasteiger partial charge is 0.148 e. The van der Waals surface area contributed by atoms with Crippen molar-refractivity contribution in [2.45, 2.75) is 6.54 Å². The van der Waals surface area contributed by atoms with E-state index in [1.54, 1.807) is 0 Å². The molecule has 108 valence electrons. The zero-order valence-corrected chi connectivity index (χ0v) is 13.0. The van der Waals surface area contributed by atoms with E-state index in [0.717, 1.165) is 30.2 Å². The standard InChI is InChI=1S/C13H21ClN2O2S/c1-16(9-7-15-8-10-19(2,17)18)11-12-5-3-4-6-13(12)14/h3-6,15H,7-11H2,1-2H3. The van der Waals surface area contributed by atoms with Gasteiger partial charge in [-0.05, 0) is 18.7 Å². The number of halogens is 1. The predicted molar refractivity (Wildman–Crippen MR) is 80.4 cm³/mol. The molecule has 0 amide bonds. The van der Waals surface area contributed by atoms with E-state index in [2.05, 4.69) is 10.2 Å². The summed E-state index contributed by atoms with van der Waals surface area (Å²) in [6, 6.07) is 7.78. The van der Waals surface area contributed by atoms with Crippen LogP contribution in [0.15, 0.2) is 24.3 Å². The summed E-state index contributed by atoms with van der Waals surface area (Å²) in [4.78, 5) is 2.15. The molecule has 19 heavy (non-hydrogen) atoms. The summed E-state index contributed by atoms with van der Waals surface area (Å²) in [5, 5.41) is 3.90. The molecule has 0 heterocycles. The topological polar surface area (TPSA) is 49.4 Å². The molecule has 4 nitrogen and oxygen atoms in total.